The number of thiocarbonyl (C=S) groups is 1. The average molecular weight is 292 g/mol. The Morgan fingerprint density at radius 3 is 2.75 bits per heavy atom. The van der Waals surface area contributed by atoms with Gasteiger partial charge < -0.3 is 15.4 Å². The Kier molecular flexibility index (Phi) is 5.24. The summed E-state index contributed by atoms with van der Waals surface area (Å²) in [6.07, 6.45) is 5.12. The molecule has 3 nitrogen and oxygen atoms in total. The first-order valence-electron chi connectivity index (χ1n) is 7.32. The molecule has 0 saturated heterocycles. The Bertz CT molecular complexity index is 476. The lowest BCUT2D eigenvalue weighted by molar-refractivity contribution is 0.309. The van der Waals surface area contributed by atoms with Gasteiger partial charge in [0.05, 0.1) is 12.8 Å². The second-order valence-corrected chi connectivity index (χ2v) is 6.08. The zero-order chi connectivity index (χ0) is 14.5. The molecule has 0 radical (unpaired) electrons. The fourth-order valence-corrected chi connectivity index (χ4v) is 3.04. The van der Waals surface area contributed by atoms with Crippen LogP contribution in [-0.2, 0) is 0 Å². The molecule has 2 atom stereocenters. The van der Waals surface area contributed by atoms with Crippen LogP contribution in [0.1, 0.15) is 38.2 Å². The van der Waals surface area contributed by atoms with Crippen molar-refractivity contribution >= 4 is 23.0 Å². The molecule has 0 aliphatic heterocycles. The van der Waals surface area contributed by atoms with Crippen LogP contribution in [0.3, 0.4) is 0 Å². The van der Waals surface area contributed by atoms with Crippen molar-refractivity contribution in [2.24, 2.45) is 5.92 Å². The molecular weight excluding hydrogens is 268 g/mol. The SMILES string of the molecule is COc1ccc(C)cc1NC(=S)N[C@@H]1CCCC[C@@H]1C. The van der Waals surface area contributed by atoms with Crippen LogP contribution >= 0.6 is 12.2 Å². The van der Waals surface area contributed by atoms with Gasteiger partial charge in [0.15, 0.2) is 5.11 Å². The van der Waals surface area contributed by atoms with Gasteiger partial charge in [0.2, 0.25) is 0 Å². The molecule has 1 saturated carbocycles. The highest BCUT2D eigenvalue weighted by Crippen LogP contribution is 2.26. The van der Waals surface area contributed by atoms with Crippen LogP contribution in [0.4, 0.5) is 5.69 Å². The lowest BCUT2D eigenvalue weighted by atomic mass is 9.86. The van der Waals surface area contributed by atoms with Crippen molar-refractivity contribution < 1.29 is 4.74 Å². The highest BCUT2D eigenvalue weighted by Gasteiger charge is 2.21. The largest absolute Gasteiger partial charge is 0.495 e. The van der Waals surface area contributed by atoms with Gasteiger partial charge in [-0.15, -0.1) is 0 Å². The third-order valence-corrected chi connectivity index (χ3v) is 4.25. The molecule has 2 rings (SSSR count). The van der Waals surface area contributed by atoms with E-state index in [0.717, 1.165) is 11.4 Å². The molecule has 1 aromatic rings. The van der Waals surface area contributed by atoms with Crippen LogP contribution in [0.2, 0.25) is 0 Å². The van der Waals surface area contributed by atoms with Gasteiger partial charge in [-0.05, 0) is 55.6 Å². The summed E-state index contributed by atoms with van der Waals surface area (Å²) < 4.78 is 5.36. The number of hydrogen-bond acceptors (Lipinski definition) is 2. The number of nitrogens with one attached hydrogen (secondary N) is 2. The van der Waals surface area contributed by atoms with E-state index in [1.54, 1.807) is 7.11 Å². The normalized spacial score (nSPS) is 22.1. The van der Waals surface area contributed by atoms with Crippen LogP contribution in [0, 0.1) is 12.8 Å². The van der Waals surface area contributed by atoms with E-state index in [1.165, 1.54) is 31.2 Å². The first kappa shape index (κ1) is 15.1. The summed E-state index contributed by atoms with van der Waals surface area (Å²) in [6, 6.07) is 6.53. The molecule has 0 amide bonds. The van der Waals surface area contributed by atoms with Crippen molar-refractivity contribution in [3.05, 3.63) is 23.8 Å². The van der Waals surface area contributed by atoms with E-state index in [1.807, 2.05) is 12.1 Å². The number of hydrogen-bond donors (Lipinski definition) is 2. The van der Waals surface area contributed by atoms with Crippen LogP contribution < -0.4 is 15.4 Å². The molecule has 1 aromatic carbocycles. The summed E-state index contributed by atoms with van der Waals surface area (Å²) in [5, 5.41) is 7.41. The van der Waals surface area contributed by atoms with E-state index < -0.39 is 0 Å². The molecule has 1 aliphatic carbocycles. The zero-order valence-electron chi connectivity index (χ0n) is 12.5. The quantitative estimate of drug-likeness (QED) is 0.829. The van der Waals surface area contributed by atoms with Gasteiger partial charge in [-0.25, -0.2) is 0 Å². The third-order valence-electron chi connectivity index (χ3n) is 4.03. The van der Waals surface area contributed by atoms with E-state index >= 15 is 0 Å². The highest BCUT2D eigenvalue weighted by atomic mass is 32.1. The topological polar surface area (TPSA) is 33.3 Å². The summed E-state index contributed by atoms with van der Waals surface area (Å²) >= 11 is 5.44. The molecule has 0 aromatic heterocycles. The number of anilines is 1. The zero-order valence-corrected chi connectivity index (χ0v) is 13.3. The fraction of sp³-hybridized carbons (Fsp3) is 0.562. The smallest absolute Gasteiger partial charge is 0.171 e. The van der Waals surface area contributed by atoms with Crippen LogP contribution in [-0.4, -0.2) is 18.3 Å². The van der Waals surface area contributed by atoms with Gasteiger partial charge >= 0.3 is 0 Å². The summed E-state index contributed by atoms with van der Waals surface area (Å²) in [6.45, 7) is 4.36. The number of rotatable bonds is 3. The van der Waals surface area contributed by atoms with Crippen molar-refractivity contribution in [3.8, 4) is 5.75 Å². The van der Waals surface area contributed by atoms with E-state index in [-0.39, 0.29) is 0 Å². The molecule has 1 aliphatic rings. The Morgan fingerprint density at radius 2 is 2.05 bits per heavy atom. The van der Waals surface area contributed by atoms with Gasteiger partial charge in [0.1, 0.15) is 5.75 Å². The van der Waals surface area contributed by atoms with Crippen LogP contribution in [0.25, 0.3) is 0 Å². The Labute approximate surface area is 127 Å². The van der Waals surface area contributed by atoms with E-state index in [2.05, 4.69) is 30.5 Å². The van der Waals surface area contributed by atoms with Crippen molar-refractivity contribution in [2.45, 2.75) is 45.6 Å². The van der Waals surface area contributed by atoms with Gasteiger partial charge in [-0.3, -0.25) is 0 Å². The van der Waals surface area contributed by atoms with Crippen molar-refractivity contribution in [3.63, 3.8) is 0 Å². The molecular formula is C16H24N2OS. The maximum atomic E-state index is 5.44. The van der Waals surface area contributed by atoms with Gasteiger partial charge in [0, 0.05) is 6.04 Å². The maximum Gasteiger partial charge on any atom is 0.171 e. The summed E-state index contributed by atoms with van der Waals surface area (Å²) in [7, 11) is 1.68. The Morgan fingerprint density at radius 1 is 1.30 bits per heavy atom. The lowest BCUT2D eigenvalue weighted by Gasteiger charge is -2.30. The van der Waals surface area contributed by atoms with Gasteiger partial charge in [-0.1, -0.05) is 25.8 Å². The lowest BCUT2D eigenvalue weighted by Crippen LogP contribution is -2.43. The fourth-order valence-electron chi connectivity index (χ4n) is 2.78. The summed E-state index contributed by atoms with van der Waals surface area (Å²) in [4.78, 5) is 0. The molecule has 4 heteroatoms. The van der Waals surface area contributed by atoms with E-state index in [9.17, 15) is 0 Å². The minimum absolute atomic E-state index is 0.486. The first-order chi connectivity index (χ1) is 9.60. The second-order valence-electron chi connectivity index (χ2n) is 5.67. The molecule has 2 N–H and O–H groups in total. The average Bonchev–Trinajstić information content (AvgIpc) is 2.41. The third kappa shape index (κ3) is 3.85. The molecule has 0 spiro atoms. The van der Waals surface area contributed by atoms with Crippen LogP contribution in [0.5, 0.6) is 5.75 Å². The summed E-state index contributed by atoms with van der Waals surface area (Å²) in [5.41, 5.74) is 2.11. The van der Waals surface area contributed by atoms with Crippen LogP contribution in [0.15, 0.2) is 18.2 Å². The monoisotopic (exact) mass is 292 g/mol. The van der Waals surface area contributed by atoms with Gasteiger partial charge in [0.25, 0.3) is 0 Å². The predicted octanol–water partition coefficient (Wildman–Crippen LogP) is 3.87. The molecule has 110 valence electrons. The van der Waals surface area contributed by atoms with Gasteiger partial charge in [-0.2, -0.15) is 0 Å². The minimum atomic E-state index is 0.486. The standard InChI is InChI=1S/C16H24N2OS/c1-11-8-9-15(19-3)14(10-11)18-16(20)17-13-7-5-4-6-12(13)2/h8-10,12-13H,4-7H2,1-3H3,(H2,17,18,20)/t12-,13+/m0/s1. The second kappa shape index (κ2) is 6.93. The Hall–Kier alpha value is -1.29. The molecule has 1 fully saturated rings. The number of methoxy groups -OCH3 is 1. The highest BCUT2D eigenvalue weighted by molar-refractivity contribution is 7.80. The van der Waals surface area contributed by atoms with E-state index in [4.69, 9.17) is 17.0 Å². The number of aryl methyl sites for hydroxylation is 1. The van der Waals surface area contributed by atoms with Crippen molar-refractivity contribution in [1.29, 1.82) is 0 Å². The Balaban J connectivity index is 1.99. The molecule has 20 heavy (non-hydrogen) atoms. The minimum Gasteiger partial charge on any atom is -0.495 e. The molecule has 0 bridgehead atoms. The molecule has 0 unspecified atom stereocenters. The van der Waals surface area contributed by atoms with E-state index in [0.29, 0.717) is 17.1 Å². The summed E-state index contributed by atoms with van der Waals surface area (Å²) in [5.74, 6) is 1.50. The maximum absolute atomic E-state index is 5.44. The first-order valence-corrected chi connectivity index (χ1v) is 7.73. The van der Waals surface area contributed by atoms with Crippen molar-refractivity contribution in [1.82, 2.24) is 5.32 Å². The van der Waals surface area contributed by atoms with Crippen molar-refractivity contribution in [2.75, 3.05) is 12.4 Å². The number of ether oxygens (including phenoxy) is 1. The predicted molar refractivity (Wildman–Crippen MR) is 88.5 cm³/mol. The number of benzene rings is 1. The molecule has 0 heterocycles.